The van der Waals surface area contributed by atoms with E-state index in [9.17, 15) is 4.79 Å². The van der Waals surface area contributed by atoms with Crippen LogP contribution in [0.2, 0.25) is 0 Å². The Labute approximate surface area is 132 Å². The van der Waals surface area contributed by atoms with Crippen molar-refractivity contribution in [2.75, 3.05) is 6.54 Å². The first-order valence-corrected chi connectivity index (χ1v) is 7.88. The van der Waals surface area contributed by atoms with Crippen LogP contribution >= 0.6 is 0 Å². The average molecular weight is 302 g/mol. The number of nitrogens with zero attached hydrogens (tertiary/aromatic N) is 2. The van der Waals surface area contributed by atoms with Crippen molar-refractivity contribution >= 4 is 17.1 Å². The highest BCUT2D eigenvalue weighted by molar-refractivity contribution is 5.77. The minimum absolute atomic E-state index is 0.115. The van der Waals surface area contributed by atoms with Gasteiger partial charge in [0.2, 0.25) is 0 Å². The summed E-state index contributed by atoms with van der Waals surface area (Å²) < 4.78 is 2.15. The molecule has 1 aromatic carbocycles. The van der Waals surface area contributed by atoms with Crippen LogP contribution in [0.25, 0.3) is 11.0 Å². The van der Waals surface area contributed by atoms with Gasteiger partial charge >= 0.3 is 6.03 Å². The maximum Gasteiger partial charge on any atom is 0.314 e. The first-order valence-electron chi connectivity index (χ1n) is 7.88. The van der Waals surface area contributed by atoms with E-state index in [0.717, 1.165) is 23.3 Å². The number of hydrogen-bond acceptors (Lipinski definition) is 2. The second kappa shape index (κ2) is 6.81. The van der Waals surface area contributed by atoms with Crippen molar-refractivity contribution in [2.45, 2.75) is 46.1 Å². The Morgan fingerprint density at radius 2 is 2.00 bits per heavy atom. The second-order valence-electron chi connectivity index (χ2n) is 6.31. The molecule has 2 amide bonds. The van der Waals surface area contributed by atoms with Gasteiger partial charge in [0.1, 0.15) is 5.82 Å². The van der Waals surface area contributed by atoms with Gasteiger partial charge in [-0.15, -0.1) is 0 Å². The lowest BCUT2D eigenvalue weighted by molar-refractivity contribution is 0.238. The van der Waals surface area contributed by atoms with Crippen molar-refractivity contribution in [1.82, 2.24) is 20.2 Å². The molecule has 0 fully saturated rings. The number of nitrogens with one attached hydrogen (secondary N) is 2. The highest BCUT2D eigenvalue weighted by Gasteiger charge is 2.11. The van der Waals surface area contributed by atoms with Gasteiger partial charge in [-0.25, -0.2) is 9.78 Å². The van der Waals surface area contributed by atoms with E-state index in [1.54, 1.807) is 0 Å². The van der Waals surface area contributed by atoms with Gasteiger partial charge in [-0.1, -0.05) is 19.9 Å². The summed E-state index contributed by atoms with van der Waals surface area (Å²) in [5.74, 6) is 1.50. The molecule has 1 aromatic heterocycles. The van der Waals surface area contributed by atoms with Gasteiger partial charge in [0.25, 0.3) is 0 Å². The standard InChI is InChI=1S/C17H26N4O/c1-11(2)16-20-14-10-13(6-7-15(14)21(16)5)8-9-18-17(22)19-12(3)4/h6-7,10-12H,8-9H2,1-5H3,(H2,18,19,22). The van der Waals surface area contributed by atoms with Crippen LogP contribution in [0.5, 0.6) is 0 Å². The zero-order valence-corrected chi connectivity index (χ0v) is 14.1. The molecular weight excluding hydrogens is 276 g/mol. The van der Waals surface area contributed by atoms with Gasteiger partial charge in [0, 0.05) is 25.6 Å². The molecule has 0 bridgehead atoms. The molecule has 2 N–H and O–H groups in total. The Morgan fingerprint density at radius 3 is 2.64 bits per heavy atom. The number of aromatic nitrogens is 2. The number of carbonyl (C=O) groups excluding carboxylic acids is 1. The van der Waals surface area contributed by atoms with E-state index in [-0.39, 0.29) is 12.1 Å². The third-order valence-corrected chi connectivity index (χ3v) is 3.62. The minimum Gasteiger partial charge on any atom is -0.338 e. The summed E-state index contributed by atoms with van der Waals surface area (Å²) in [4.78, 5) is 16.3. The summed E-state index contributed by atoms with van der Waals surface area (Å²) in [7, 11) is 2.06. The normalized spacial score (nSPS) is 11.4. The number of carbonyl (C=O) groups is 1. The second-order valence-corrected chi connectivity index (χ2v) is 6.31. The lowest BCUT2D eigenvalue weighted by atomic mass is 10.1. The fourth-order valence-electron chi connectivity index (χ4n) is 2.57. The fraction of sp³-hybridized carbons (Fsp3) is 0.529. The van der Waals surface area contributed by atoms with Crippen LogP contribution in [-0.2, 0) is 13.5 Å². The molecular formula is C17H26N4O. The van der Waals surface area contributed by atoms with Crippen molar-refractivity contribution in [2.24, 2.45) is 7.05 Å². The molecule has 120 valence electrons. The summed E-state index contributed by atoms with van der Waals surface area (Å²) in [6.07, 6.45) is 0.801. The maximum absolute atomic E-state index is 11.5. The van der Waals surface area contributed by atoms with E-state index in [0.29, 0.717) is 12.5 Å². The van der Waals surface area contributed by atoms with E-state index >= 15 is 0 Å². The van der Waals surface area contributed by atoms with E-state index in [2.05, 4.69) is 54.3 Å². The number of hydrogen-bond donors (Lipinski definition) is 2. The molecule has 0 spiro atoms. The number of urea groups is 1. The lowest BCUT2D eigenvalue weighted by Crippen LogP contribution is -2.40. The zero-order valence-electron chi connectivity index (χ0n) is 14.1. The number of rotatable bonds is 5. The number of benzene rings is 1. The largest absolute Gasteiger partial charge is 0.338 e. The summed E-state index contributed by atoms with van der Waals surface area (Å²) >= 11 is 0. The molecule has 0 saturated carbocycles. The number of imidazole rings is 1. The van der Waals surface area contributed by atoms with Crippen molar-refractivity contribution in [3.8, 4) is 0 Å². The van der Waals surface area contributed by atoms with Gasteiger partial charge in [-0.2, -0.15) is 0 Å². The van der Waals surface area contributed by atoms with Crippen LogP contribution in [0.15, 0.2) is 18.2 Å². The molecule has 0 aliphatic rings. The van der Waals surface area contributed by atoms with Gasteiger partial charge in [-0.3, -0.25) is 0 Å². The third kappa shape index (κ3) is 3.78. The predicted molar refractivity (Wildman–Crippen MR) is 90.2 cm³/mol. The van der Waals surface area contributed by atoms with Crippen LogP contribution in [0.3, 0.4) is 0 Å². The highest BCUT2D eigenvalue weighted by atomic mass is 16.2. The van der Waals surface area contributed by atoms with Crippen LogP contribution in [0.1, 0.15) is 45.0 Å². The quantitative estimate of drug-likeness (QED) is 0.892. The summed E-state index contributed by atoms with van der Waals surface area (Å²) in [6, 6.07) is 6.37. The van der Waals surface area contributed by atoms with Gasteiger partial charge in [-0.05, 0) is 38.0 Å². The highest BCUT2D eigenvalue weighted by Crippen LogP contribution is 2.21. The van der Waals surface area contributed by atoms with Gasteiger partial charge in [0.05, 0.1) is 11.0 Å². The maximum atomic E-state index is 11.5. The van der Waals surface area contributed by atoms with E-state index < -0.39 is 0 Å². The Bertz CT molecular complexity index is 658. The summed E-state index contributed by atoms with van der Waals surface area (Å²) in [5, 5.41) is 5.69. The molecule has 1 heterocycles. The van der Waals surface area contributed by atoms with Crippen molar-refractivity contribution in [1.29, 1.82) is 0 Å². The summed E-state index contributed by atoms with van der Waals surface area (Å²) in [5.41, 5.74) is 3.36. The van der Waals surface area contributed by atoms with Crippen LogP contribution in [-0.4, -0.2) is 28.2 Å². The molecule has 5 nitrogen and oxygen atoms in total. The van der Waals surface area contributed by atoms with Crippen LogP contribution in [0, 0.1) is 0 Å². The SMILES string of the molecule is CC(C)NC(=O)NCCc1ccc2c(c1)nc(C(C)C)n2C. The summed E-state index contributed by atoms with van der Waals surface area (Å²) in [6.45, 7) is 8.81. The van der Waals surface area contributed by atoms with Crippen molar-refractivity contribution < 1.29 is 4.79 Å². The Kier molecular flexibility index (Phi) is 5.06. The topological polar surface area (TPSA) is 59.0 Å². The molecule has 2 rings (SSSR count). The molecule has 0 unspecified atom stereocenters. The molecule has 0 aliphatic carbocycles. The Balaban J connectivity index is 2.02. The smallest absolute Gasteiger partial charge is 0.314 e. The van der Waals surface area contributed by atoms with Crippen LogP contribution in [0.4, 0.5) is 4.79 Å². The van der Waals surface area contributed by atoms with E-state index in [4.69, 9.17) is 4.98 Å². The van der Waals surface area contributed by atoms with Crippen molar-refractivity contribution in [3.63, 3.8) is 0 Å². The minimum atomic E-state index is -0.115. The number of fused-ring (bicyclic) bond motifs is 1. The number of aryl methyl sites for hydroxylation is 1. The van der Waals surface area contributed by atoms with Gasteiger partial charge < -0.3 is 15.2 Å². The molecule has 0 aliphatic heterocycles. The monoisotopic (exact) mass is 302 g/mol. The van der Waals surface area contributed by atoms with Gasteiger partial charge in [0.15, 0.2) is 0 Å². The predicted octanol–water partition coefficient (Wildman–Crippen LogP) is 2.95. The Hall–Kier alpha value is -2.04. The van der Waals surface area contributed by atoms with Crippen molar-refractivity contribution in [3.05, 3.63) is 29.6 Å². The van der Waals surface area contributed by atoms with E-state index in [1.807, 2.05) is 13.8 Å². The first kappa shape index (κ1) is 16.3. The molecule has 5 heteroatoms. The fourth-order valence-corrected chi connectivity index (χ4v) is 2.57. The molecule has 0 radical (unpaired) electrons. The lowest BCUT2D eigenvalue weighted by Gasteiger charge is -2.10. The molecule has 22 heavy (non-hydrogen) atoms. The molecule has 2 aromatic rings. The molecule has 0 saturated heterocycles. The number of amides is 2. The molecule has 0 atom stereocenters. The third-order valence-electron chi connectivity index (χ3n) is 3.62. The first-order chi connectivity index (χ1) is 10.4. The zero-order chi connectivity index (χ0) is 16.3. The average Bonchev–Trinajstić information content (AvgIpc) is 2.75. The van der Waals surface area contributed by atoms with Crippen LogP contribution < -0.4 is 10.6 Å². The Morgan fingerprint density at radius 1 is 1.27 bits per heavy atom. The van der Waals surface area contributed by atoms with E-state index in [1.165, 1.54) is 5.56 Å².